The highest BCUT2D eigenvalue weighted by atomic mass is 79.9. The van der Waals surface area contributed by atoms with Gasteiger partial charge in [0.2, 0.25) is 0 Å². The Hall–Kier alpha value is -2.86. The molecule has 3 aromatic rings. The highest BCUT2D eigenvalue weighted by Crippen LogP contribution is 2.27. The molecular formula is C23H23BrN2O3. The lowest BCUT2D eigenvalue weighted by Crippen LogP contribution is -2.24. The topological polar surface area (TPSA) is 63.8 Å². The van der Waals surface area contributed by atoms with E-state index < -0.39 is 0 Å². The Labute approximate surface area is 178 Å². The number of amides is 1. The summed E-state index contributed by atoms with van der Waals surface area (Å²) >= 11 is 3.44. The molecule has 2 aromatic carbocycles. The third kappa shape index (κ3) is 5.81. The van der Waals surface area contributed by atoms with Gasteiger partial charge in [-0.25, -0.2) is 5.43 Å². The van der Waals surface area contributed by atoms with Crippen molar-refractivity contribution in [3.8, 4) is 17.1 Å². The lowest BCUT2D eigenvalue weighted by atomic mass is 10.0. The molecule has 0 aliphatic rings. The fourth-order valence-electron chi connectivity index (χ4n) is 2.81. The van der Waals surface area contributed by atoms with Gasteiger partial charge in [-0.1, -0.05) is 54.0 Å². The number of benzene rings is 2. The normalized spacial score (nSPS) is 11.2. The van der Waals surface area contributed by atoms with Gasteiger partial charge in [-0.2, -0.15) is 5.10 Å². The first kappa shape index (κ1) is 20.9. The van der Waals surface area contributed by atoms with E-state index in [0.717, 1.165) is 32.7 Å². The fourth-order valence-corrected chi connectivity index (χ4v) is 3.21. The van der Waals surface area contributed by atoms with Crippen molar-refractivity contribution in [3.05, 3.63) is 76.0 Å². The van der Waals surface area contributed by atoms with Crippen LogP contribution in [0, 0.1) is 6.92 Å². The van der Waals surface area contributed by atoms with Crippen molar-refractivity contribution in [2.24, 2.45) is 5.10 Å². The molecule has 6 heteroatoms. The van der Waals surface area contributed by atoms with Crippen LogP contribution in [0.15, 0.2) is 68.6 Å². The van der Waals surface area contributed by atoms with E-state index in [9.17, 15) is 4.79 Å². The summed E-state index contributed by atoms with van der Waals surface area (Å²) < 4.78 is 12.4. The van der Waals surface area contributed by atoms with Crippen molar-refractivity contribution in [3.63, 3.8) is 0 Å². The van der Waals surface area contributed by atoms with E-state index in [1.54, 1.807) is 6.07 Å². The van der Waals surface area contributed by atoms with Gasteiger partial charge in [0.25, 0.3) is 5.91 Å². The minimum atomic E-state index is -0.337. The standard InChI is InChI=1S/C23H23BrN2O3/c1-15(2)20-9-7-16(3)11-22(20)28-14-23(27)26-25-13-19-8-10-21(29-19)17-5-4-6-18(24)12-17/h4-13,15H,14H2,1-3H3,(H,26,27)/b25-13+. The summed E-state index contributed by atoms with van der Waals surface area (Å²) in [6.45, 7) is 6.07. The Kier molecular flexibility index (Phi) is 6.88. The van der Waals surface area contributed by atoms with E-state index in [0.29, 0.717) is 11.7 Å². The van der Waals surface area contributed by atoms with E-state index in [-0.39, 0.29) is 12.5 Å². The molecule has 0 aliphatic heterocycles. The summed E-state index contributed by atoms with van der Waals surface area (Å²) in [5, 5.41) is 3.95. The number of carbonyl (C=O) groups is 1. The number of halogens is 1. The largest absolute Gasteiger partial charge is 0.483 e. The molecule has 150 valence electrons. The minimum absolute atomic E-state index is 0.109. The lowest BCUT2D eigenvalue weighted by molar-refractivity contribution is -0.123. The third-order valence-electron chi connectivity index (χ3n) is 4.27. The lowest BCUT2D eigenvalue weighted by Gasteiger charge is -2.14. The third-order valence-corrected chi connectivity index (χ3v) is 4.76. The Balaban J connectivity index is 1.55. The van der Waals surface area contributed by atoms with Crippen molar-refractivity contribution < 1.29 is 13.9 Å². The molecule has 1 heterocycles. The Bertz CT molecular complexity index is 1020. The van der Waals surface area contributed by atoms with Crippen LogP contribution >= 0.6 is 15.9 Å². The van der Waals surface area contributed by atoms with E-state index in [1.807, 2.05) is 55.5 Å². The number of hydrazone groups is 1. The molecule has 3 rings (SSSR count). The van der Waals surface area contributed by atoms with Gasteiger partial charge in [0.1, 0.15) is 17.3 Å². The maximum absolute atomic E-state index is 12.1. The first-order valence-electron chi connectivity index (χ1n) is 9.33. The molecule has 0 spiro atoms. The van der Waals surface area contributed by atoms with E-state index in [1.165, 1.54) is 6.21 Å². The van der Waals surface area contributed by atoms with Gasteiger partial charge in [0.05, 0.1) is 6.21 Å². The molecule has 0 radical (unpaired) electrons. The smallest absolute Gasteiger partial charge is 0.277 e. The van der Waals surface area contributed by atoms with Crippen LogP contribution in [0.3, 0.4) is 0 Å². The van der Waals surface area contributed by atoms with Gasteiger partial charge in [-0.3, -0.25) is 4.79 Å². The van der Waals surface area contributed by atoms with Crippen LogP contribution in [0.25, 0.3) is 11.3 Å². The Morgan fingerprint density at radius 3 is 2.79 bits per heavy atom. The molecule has 0 unspecified atom stereocenters. The Morgan fingerprint density at radius 1 is 1.21 bits per heavy atom. The number of rotatable bonds is 7. The second-order valence-electron chi connectivity index (χ2n) is 6.99. The summed E-state index contributed by atoms with van der Waals surface area (Å²) in [6, 6.07) is 17.5. The summed E-state index contributed by atoms with van der Waals surface area (Å²) in [5.41, 5.74) is 5.57. The first-order chi connectivity index (χ1) is 13.9. The predicted octanol–water partition coefficient (Wildman–Crippen LogP) is 5.67. The van der Waals surface area contributed by atoms with Crippen LogP contribution in [0.2, 0.25) is 0 Å². The van der Waals surface area contributed by atoms with Crippen molar-refractivity contribution in [2.75, 3.05) is 6.61 Å². The van der Waals surface area contributed by atoms with Crippen LogP contribution in [-0.4, -0.2) is 18.7 Å². The molecule has 5 nitrogen and oxygen atoms in total. The van der Waals surface area contributed by atoms with Crippen molar-refractivity contribution in [1.29, 1.82) is 0 Å². The zero-order chi connectivity index (χ0) is 20.8. The van der Waals surface area contributed by atoms with Gasteiger partial charge in [0.15, 0.2) is 6.61 Å². The summed E-state index contributed by atoms with van der Waals surface area (Å²) in [6.07, 6.45) is 1.46. The summed E-state index contributed by atoms with van der Waals surface area (Å²) in [7, 11) is 0. The van der Waals surface area contributed by atoms with Gasteiger partial charge < -0.3 is 9.15 Å². The fraction of sp³-hybridized carbons (Fsp3) is 0.217. The molecule has 0 bridgehead atoms. The van der Waals surface area contributed by atoms with Gasteiger partial charge in [-0.05, 0) is 54.3 Å². The van der Waals surface area contributed by atoms with E-state index >= 15 is 0 Å². The molecular weight excluding hydrogens is 432 g/mol. The number of hydrogen-bond acceptors (Lipinski definition) is 4. The van der Waals surface area contributed by atoms with Crippen molar-refractivity contribution in [1.82, 2.24) is 5.43 Å². The van der Waals surface area contributed by atoms with Crippen LogP contribution in [-0.2, 0) is 4.79 Å². The quantitative estimate of drug-likeness (QED) is 0.369. The summed E-state index contributed by atoms with van der Waals surface area (Å²) in [4.78, 5) is 12.1. The number of hydrogen-bond donors (Lipinski definition) is 1. The van der Waals surface area contributed by atoms with Crippen molar-refractivity contribution in [2.45, 2.75) is 26.7 Å². The molecule has 1 aromatic heterocycles. The number of ether oxygens (including phenoxy) is 1. The van der Waals surface area contributed by atoms with E-state index in [2.05, 4.69) is 40.3 Å². The SMILES string of the molecule is Cc1ccc(C(C)C)c(OCC(=O)N/N=C/c2ccc(-c3cccc(Br)c3)o2)c1. The van der Waals surface area contributed by atoms with Crippen molar-refractivity contribution >= 4 is 28.1 Å². The molecule has 1 N–H and O–H groups in total. The van der Waals surface area contributed by atoms with E-state index in [4.69, 9.17) is 9.15 Å². The maximum Gasteiger partial charge on any atom is 0.277 e. The Morgan fingerprint density at radius 2 is 2.03 bits per heavy atom. The zero-order valence-corrected chi connectivity index (χ0v) is 18.2. The molecule has 0 fully saturated rings. The van der Waals surface area contributed by atoms with Gasteiger partial charge in [0, 0.05) is 10.0 Å². The monoisotopic (exact) mass is 454 g/mol. The highest BCUT2D eigenvalue weighted by Gasteiger charge is 2.10. The number of carbonyl (C=O) groups excluding carboxylic acids is 1. The minimum Gasteiger partial charge on any atom is -0.483 e. The van der Waals surface area contributed by atoms with Gasteiger partial charge in [-0.15, -0.1) is 0 Å². The molecule has 0 aliphatic carbocycles. The van der Waals surface area contributed by atoms with Crippen LogP contribution in [0.5, 0.6) is 5.75 Å². The maximum atomic E-state index is 12.1. The molecule has 1 amide bonds. The predicted molar refractivity (Wildman–Crippen MR) is 118 cm³/mol. The summed E-state index contributed by atoms with van der Waals surface area (Å²) in [5.74, 6) is 1.97. The average molecular weight is 455 g/mol. The first-order valence-corrected chi connectivity index (χ1v) is 10.1. The number of nitrogens with one attached hydrogen (secondary N) is 1. The van der Waals surface area contributed by atoms with Crippen LogP contribution < -0.4 is 10.2 Å². The molecule has 0 saturated carbocycles. The second kappa shape index (κ2) is 9.56. The van der Waals surface area contributed by atoms with Crippen LogP contribution in [0.1, 0.15) is 36.7 Å². The molecule has 0 saturated heterocycles. The van der Waals surface area contributed by atoms with Crippen LogP contribution in [0.4, 0.5) is 0 Å². The number of furan rings is 1. The highest BCUT2D eigenvalue weighted by molar-refractivity contribution is 9.10. The number of aryl methyl sites for hydroxylation is 1. The zero-order valence-electron chi connectivity index (χ0n) is 16.6. The molecule has 29 heavy (non-hydrogen) atoms. The molecule has 0 atom stereocenters. The number of nitrogens with zero attached hydrogens (tertiary/aromatic N) is 1. The second-order valence-corrected chi connectivity index (χ2v) is 7.91. The van der Waals surface area contributed by atoms with Gasteiger partial charge >= 0.3 is 0 Å². The average Bonchev–Trinajstić information content (AvgIpc) is 3.15.